The molecule has 0 bridgehead atoms. The van der Waals surface area contributed by atoms with Crippen molar-refractivity contribution in [3.63, 3.8) is 0 Å². The van der Waals surface area contributed by atoms with Gasteiger partial charge < -0.3 is 19.3 Å². The van der Waals surface area contributed by atoms with Crippen LogP contribution in [0.2, 0.25) is 0 Å². The van der Waals surface area contributed by atoms with Crippen molar-refractivity contribution in [3.05, 3.63) is 58.8 Å². The monoisotopic (exact) mass is 377 g/mol. The lowest BCUT2D eigenvalue weighted by atomic mass is 10.0. The normalized spacial score (nSPS) is 13.1. The van der Waals surface area contributed by atoms with E-state index in [0.717, 1.165) is 5.56 Å². The van der Waals surface area contributed by atoms with Crippen molar-refractivity contribution >= 4 is 29.0 Å². The molecule has 0 saturated heterocycles. The van der Waals surface area contributed by atoms with Crippen LogP contribution in [0.25, 0.3) is 23.1 Å². The zero-order chi connectivity index (χ0) is 19.7. The van der Waals surface area contributed by atoms with Crippen LogP contribution in [0.4, 0.5) is 0 Å². The first-order valence-electron chi connectivity index (χ1n) is 8.87. The lowest BCUT2D eigenvalue weighted by molar-refractivity contribution is 0.0698. The number of ether oxygens (including phenoxy) is 3. The number of nitrogens with zero attached hydrogens (tertiary/aromatic N) is 1. The van der Waals surface area contributed by atoms with Crippen LogP contribution in [0.3, 0.4) is 0 Å². The molecule has 3 aromatic rings. The predicted octanol–water partition coefficient (Wildman–Crippen LogP) is 4.19. The topological polar surface area (TPSA) is 77.9 Å². The van der Waals surface area contributed by atoms with Gasteiger partial charge in [-0.1, -0.05) is 24.3 Å². The van der Waals surface area contributed by atoms with Crippen molar-refractivity contribution in [2.75, 3.05) is 20.3 Å². The molecule has 1 aliphatic heterocycles. The maximum atomic E-state index is 11.8. The predicted molar refractivity (Wildman–Crippen MR) is 106 cm³/mol. The van der Waals surface area contributed by atoms with E-state index in [9.17, 15) is 9.90 Å². The highest BCUT2D eigenvalue weighted by molar-refractivity contribution is 6.04. The largest absolute Gasteiger partial charge is 0.493 e. The summed E-state index contributed by atoms with van der Waals surface area (Å²) < 4.78 is 16.7. The third-order valence-electron chi connectivity index (χ3n) is 4.67. The molecule has 0 radical (unpaired) electrons. The summed E-state index contributed by atoms with van der Waals surface area (Å²) in [7, 11) is 1.58. The molecule has 0 amide bonds. The molecule has 0 saturated carbocycles. The Labute approximate surface area is 162 Å². The third-order valence-corrected chi connectivity index (χ3v) is 4.67. The summed E-state index contributed by atoms with van der Waals surface area (Å²) in [6.45, 7) is 2.74. The van der Waals surface area contributed by atoms with Gasteiger partial charge >= 0.3 is 5.97 Å². The molecule has 142 valence electrons. The number of methoxy groups -OCH3 is 1. The van der Waals surface area contributed by atoms with Crippen LogP contribution in [-0.2, 0) is 0 Å². The van der Waals surface area contributed by atoms with Gasteiger partial charge in [0.15, 0.2) is 11.5 Å². The Hall–Kier alpha value is -3.54. The highest BCUT2D eigenvalue weighted by Crippen LogP contribution is 2.40. The van der Waals surface area contributed by atoms with E-state index in [1.165, 1.54) is 0 Å². The van der Waals surface area contributed by atoms with E-state index in [0.29, 0.717) is 52.6 Å². The third kappa shape index (κ3) is 3.13. The molecule has 6 heteroatoms. The van der Waals surface area contributed by atoms with Gasteiger partial charge in [-0.3, -0.25) is 0 Å². The fourth-order valence-corrected chi connectivity index (χ4v) is 3.33. The van der Waals surface area contributed by atoms with Crippen LogP contribution < -0.4 is 14.2 Å². The molecule has 6 nitrogen and oxygen atoms in total. The second kappa shape index (κ2) is 7.23. The molecular formula is C22H19NO5. The number of fused-ring (bicyclic) bond motifs is 2. The number of aromatic nitrogens is 1. The maximum absolute atomic E-state index is 11.8. The molecular weight excluding hydrogens is 358 g/mol. The molecule has 0 spiro atoms. The van der Waals surface area contributed by atoms with Crippen molar-refractivity contribution in [2.45, 2.75) is 6.92 Å². The zero-order valence-electron chi connectivity index (χ0n) is 15.6. The fraction of sp³-hybridized carbons (Fsp3) is 0.182. The molecule has 0 fully saturated rings. The van der Waals surface area contributed by atoms with Crippen LogP contribution in [0.15, 0.2) is 36.4 Å². The van der Waals surface area contributed by atoms with Gasteiger partial charge in [0.25, 0.3) is 0 Å². The summed E-state index contributed by atoms with van der Waals surface area (Å²) in [5.41, 5.74) is 2.97. The zero-order valence-corrected chi connectivity index (χ0v) is 15.6. The second-order valence-corrected chi connectivity index (χ2v) is 6.40. The van der Waals surface area contributed by atoms with Crippen LogP contribution >= 0.6 is 0 Å². The first-order valence-corrected chi connectivity index (χ1v) is 8.87. The number of para-hydroxylation sites is 1. The van der Waals surface area contributed by atoms with Gasteiger partial charge in [-0.25, -0.2) is 9.78 Å². The number of hydrogen-bond donors (Lipinski definition) is 1. The van der Waals surface area contributed by atoms with Gasteiger partial charge in [-0.2, -0.15) is 0 Å². The molecule has 2 aromatic carbocycles. The summed E-state index contributed by atoms with van der Waals surface area (Å²) in [4.78, 5) is 16.4. The van der Waals surface area contributed by atoms with E-state index in [2.05, 4.69) is 4.98 Å². The smallest absolute Gasteiger partial charge is 0.336 e. The van der Waals surface area contributed by atoms with E-state index < -0.39 is 5.97 Å². The van der Waals surface area contributed by atoms with Crippen molar-refractivity contribution in [3.8, 4) is 17.2 Å². The molecule has 1 aliphatic rings. The number of aromatic carboxylic acids is 1. The van der Waals surface area contributed by atoms with Gasteiger partial charge in [0.2, 0.25) is 5.75 Å². The van der Waals surface area contributed by atoms with Crippen LogP contribution in [0.5, 0.6) is 17.2 Å². The Bertz CT molecular complexity index is 1090. The molecule has 4 rings (SSSR count). The van der Waals surface area contributed by atoms with Crippen LogP contribution in [0.1, 0.15) is 27.2 Å². The molecule has 2 heterocycles. The average Bonchev–Trinajstić information content (AvgIpc) is 2.71. The van der Waals surface area contributed by atoms with Crippen molar-refractivity contribution < 1.29 is 24.1 Å². The Morgan fingerprint density at radius 2 is 1.96 bits per heavy atom. The second-order valence-electron chi connectivity index (χ2n) is 6.40. The molecule has 0 aliphatic carbocycles. The summed E-state index contributed by atoms with van der Waals surface area (Å²) in [5, 5.41) is 10.3. The highest BCUT2D eigenvalue weighted by atomic mass is 16.6. The Kier molecular flexibility index (Phi) is 4.61. The van der Waals surface area contributed by atoms with Gasteiger partial charge in [-0.15, -0.1) is 0 Å². The molecule has 0 unspecified atom stereocenters. The molecule has 28 heavy (non-hydrogen) atoms. The Morgan fingerprint density at radius 3 is 2.75 bits per heavy atom. The van der Waals surface area contributed by atoms with Crippen molar-refractivity contribution in [2.24, 2.45) is 0 Å². The Balaban J connectivity index is 1.79. The van der Waals surface area contributed by atoms with Crippen LogP contribution in [-0.4, -0.2) is 36.4 Å². The standard InChI is InChI=1S/C22H19NO5/c1-13-16(23-17-6-4-3-5-15(17)20(13)22(24)25)8-7-14-11-18(26-2)21-19(12-14)27-9-10-28-21/h3-8,11-12H,9-10H2,1-2H3,(H,24,25)/b8-7+. The number of carboxylic acids is 1. The van der Waals surface area contributed by atoms with Gasteiger partial charge in [0.1, 0.15) is 13.2 Å². The maximum Gasteiger partial charge on any atom is 0.336 e. The summed E-state index contributed by atoms with van der Waals surface area (Å²) in [6, 6.07) is 11.0. The van der Waals surface area contributed by atoms with Crippen LogP contribution in [0, 0.1) is 6.92 Å². The summed E-state index contributed by atoms with van der Waals surface area (Å²) >= 11 is 0. The van der Waals surface area contributed by atoms with E-state index in [1.54, 1.807) is 26.2 Å². The summed E-state index contributed by atoms with van der Waals surface area (Å²) in [6.07, 6.45) is 3.66. The number of pyridine rings is 1. The average molecular weight is 377 g/mol. The van der Waals surface area contributed by atoms with Gasteiger partial charge in [0.05, 0.1) is 23.9 Å². The number of rotatable bonds is 4. The Morgan fingerprint density at radius 1 is 1.18 bits per heavy atom. The highest BCUT2D eigenvalue weighted by Gasteiger charge is 2.18. The number of hydrogen-bond acceptors (Lipinski definition) is 5. The first kappa shape index (κ1) is 17.9. The minimum atomic E-state index is -0.966. The van der Waals surface area contributed by atoms with Gasteiger partial charge in [0, 0.05) is 5.39 Å². The first-order chi connectivity index (χ1) is 13.6. The summed E-state index contributed by atoms with van der Waals surface area (Å²) in [5.74, 6) is 0.844. The molecule has 0 atom stereocenters. The quantitative estimate of drug-likeness (QED) is 0.734. The number of carbonyl (C=O) groups is 1. The lowest BCUT2D eigenvalue weighted by Crippen LogP contribution is -2.16. The van der Waals surface area contributed by atoms with E-state index in [4.69, 9.17) is 14.2 Å². The van der Waals surface area contributed by atoms with Crippen molar-refractivity contribution in [1.29, 1.82) is 0 Å². The SMILES string of the molecule is COc1cc(/C=C/c2nc3ccccc3c(C(=O)O)c2C)cc2c1OCCO2. The van der Waals surface area contributed by atoms with E-state index in [1.807, 2.05) is 36.4 Å². The minimum Gasteiger partial charge on any atom is -0.493 e. The molecule has 1 aromatic heterocycles. The number of carboxylic acid groups (broad SMARTS) is 1. The number of benzene rings is 2. The van der Waals surface area contributed by atoms with Crippen molar-refractivity contribution in [1.82, 2.24) is 4.98 Å². The lowest BCUT2D eigenvalue weighted by Gasteiger charge is -2.21. The van der Waals surface area contributed by atoms with Gasteiger partial charge in [-0.05, 0) is 42.3 Å². The minimum absolute atomic E-state index is 0.269. The fourth-order valence-electron chi connectivity index (χ4n) is 3.33. The van der Waals surface area contributed by atoms with E-state index >= 15 is 0 Å². The molecule has 1 N–H and O–H groups in total. The van der Waals surface area contributed by atoms with E-state index in [-0.39, 0.29) is 5.56 Å².